The Bertz CT molecular complexity index is 379. The van der Waals surface area contributed by atoms with Crippen LogP contribution in [0.3, 0.4) is 0 Å². The Morgan fingerprint density at radius 2 is 2.14 bits per heavy atom. The molecular weight excluding hydrogens is 250 g/mol. The summed E-state index contributed by atoms with van der Waals surface area (Å²) in [6, 6.07) is 1.89. The van der Waals surface area contributed by atoms with Crippen LogP contribution in [-0.4, -0.2) is 16.2 Å². The Balaban J connectivity index is 3.22. The molecule has 1 aromatic carbocycles. The SMILES string of the molecule is Cc1cc(Br)c(O)cc1C(N)C(=O)O. The summed E-state index contributed by atoms with van der Waals surface area (Å²) >= 11 is 3.13. The van der Waals surface area contributed by atoms with E-state index in [4.69, 9.17) is 10.8 Å². The maximum Gasteiger partial charge on any atom is 0.325 e. The molecule has 76 valence electrons. The molecule has 0 aliphatic carbocycles. The largest absolute Gasteiger partial charge is 0.507 e. The third-order valence-electron chi connectivity index (χ3n) is 1.94. The number of aryl methyl sites for hydroxylation is 1. The summed E-state index contributed by atoms with van der Waals surface area (Å²) in [5.74, 6) is -1.13. The molecule has 1 atom stereocenters. The monoisotopic (exact) mass is 259 g/mol. The summed E-state index contributed by atoms with van der Waals surface area (Å²) in [4.78, 5) is 10.6. The number of carboxylic acid groups (broad SMARTS) is 1. The van der Waals surface area contributed by atoms with Crippen molar-refractivity contribution in [1.82, 2.24) is 0 Å². The minimum Gasteiger partial charge on any atom is -0.507 e. The number of nitrogens with two attached hydrogens (primary N) is 1. The van der Waals surface area contributed by atoms with E-state index in [1.807, 2.05) is 0 Å². The van der Waals surface area contributed by atoms with Gasteiger partial charge in [-0.1, -0.05) is 0 Å². The van der Waals surface area contributed by atoms with E-state index < -0.39 is 12.0 Å². The maximum atomic E-state index is 10.6. The fraction of sp³-hybridized carbons (Fsp3) is 0.222. The summed E-state index contributed by atoms with van der Waals surface area (Å²) in [5, 5.41) is 18.1. The predicted octanol–water partition coefficient (Wildman–Crippen LogP) is 1.55. The minimum atomic E-state index is -1.12. The molecule has 0 aliphatic rings. The van der Waals surface area contributed by atoms with Gasteiger partial charge in [-0.15, -0.1) is 0 Å². The average molecular weight is 260 g/mol. The van der Waals surface area contributed by atoms with Crippen molar-refractivity contribution in [3.8, 4) is 5.75 Å². The van der Waals surface area contributed by atoms with Crippen LogP contribution < -0.4 is 5.73 Å². The molecule has 1 rings (SSSR count). The van der Waals surface area contributed by atoms with Gasteiger partial charge in [0.05, 0.1) is 4.47 Å². The maximum absolute atomic E-state index is 10.6. The van der Waals surface area contributed by atoms with Crippen molar-refractivity contribution in [2.45, 2.75) is 13.0 Å². The van der Waals surface area contributed by atoms with Crippen LogP contribution >= 0.6 is 15.9 Å². The van der Waals surface area contributed by atoms with E-state index in [0.29, 0.717) is 10.0 Å². The number of halogens is 1. The number of hydrogen-bond donors (Lipinski definition) is 3. The lowest BCUT2D eigenvalue weighted by Gasteiger charge is -2.11. The summed E-state index contributed by atoms with van der Waals surface area (Å²) < 4.78 is 0.524. The molecule has 14 heavy (non-hydrogen) atoms. The molecule has 0 aliphatic heterocycles. The lowest BCUT2D eigenvalue weighted by Crippen LogP contribution is -2.21. The van der Waals surface area contributed by atoms with Gasteiger partial charge in [-0.05, 0) is 46.1 Å². The number of aromatic hydroxyl groups is 1. The van der Waals surface area contributed by atoms with Crippen LogP contribution in [0.15, 0.2) is 16.6 Å². The molecule has 4 N–H and O–H groups in total. The van der Waals surface area contributed by atoms with Gasteiger partial charge in [0, 0.05) is 0 Å². The normalized spacial score (nSPS) is 12.5. The molecule has 5 heteroatoms. The van der Waals surface area contributed by atoms with Crippen LogP contribution in [0.5, 0.6) is 5.75 Å². The number of benzene rings is 1. The number of carbonyl (C=O) groups is 1. The summed E-state index contributed by atoms with van der Waals surface area (Å²) in [5.41, 5.74) is 6.57. The van der Waals surface area contributed by atoms with Gasteiger partial charge in [-0.3, -0.25) is 4.79 Å². The number of hydrogen-bond acceptors (Lipinski definition) is 3. The second-order valence-electron chi connectivity index (χ2n) is 2.98. The molecule has 1 aromatic rings. The smallest absolute Gasteiger partial charge is 0.325 e. The highest BCUT2D eigenvalue weighted by Crippen LogP contribution is 2.29. The number of phenolic OH excluding ortho intramolecular Hbond substituents is 1. The summed E-state index contributed by atoms with van der Waals surface area (Å²) in [6.45, 7) is 1.74. The van der Waals surface area contributed by atoms with Crippen molar-refractivity contribution in [1.29, 1.82) is 0 Å². The second kappa shape index (κ2) is 3.98. The zero-order valence-corrected chi connectivity index (χ0v) is 9.08. The molecule has 0 spiro atoms. The van der Waals surface area contributed by atoms with Gasteiger partial charge in [0.15, 0.2) is 0 Å². The van der Waals surface area contributed by atoms with Crippen LogP contribution in [0, 0.1) is 6.92 Å². The number of phenols is 1. The summed E-state index contributed by atoms with van der Waals surface area (Å²) in [6.07, 6.45) is 0. The number of aliphatic carboxylic acids is 1. The van der Waals surface area contributed by atoms with Crippen LogP contribution in [0.1, 0.15) is 17.2 Å². The standard InChI is InChI=1S/C9H10BrNO3/c1-4-2-6(10)7(12)3-5(4)8(11)9(13)14/h2-3,8,12H,11H2,1H3,(H,13,14). The van der Waals surface area contributed by atoms with E-state index >= 15 is 0 Å². The van der Waals surface area contributed by atoms with Gasteiger partial charge in [-0.2, -0.15) is 0 Å². The first-order valence-electron chi connectivity index (χ1n) is 3.91. The third-order valence-corrected chi connectivity index (χ3v) is 2.57. The van der Waals surface area contributed by atoms with Crippen molar-refractivity contribution in [3.05, 3.63) is 27.7 Å². The van der Waals surface area contributed by atoms with Crippen molar-refractivity contribution in [2.24, 2.45) is 5.73 Å². The molecule has 0 amide bonds. The van der Waals surface area contributed by atoms with Crippen LogP contribution in [0.4, 0.5) is 0 Å². The van der Waals surface area contributed by atoms with Gasteiger partial charge in [0.2, 0.25) is 0 Å². The molecule has 0 saturated heterocycles. The highest BCUT2D eigenvalue weighted by Gasteiger charge is 2.17. The lowest BCUT2D eigenvalue weighted by atomic mass is 10.0. The minimum absolute atomic E-state index is 0.0118. The molecule has 0 aromatic heterocycles. The Labute approximate surface area is 89.5 Å². The molecule has 0 radical (unpaired) electrons. The molecule has 1 unspecified atom stereocenters. The van der Waals surface area contributed by atoms with Crippen molar-refractivity contribution in [3.63, 3.8) is 0 Å². The van der Waals surface area contributed by atoms with Crippen LogP contribution in [0.25, 0.3) is 0 Å². The molecule has 4 nitrogen and oxygen atoms in total. The molecule has 0 bridgehead atoms. The highest BCUT2D eigenvalue weighted by molar-refractivity contribution is 9.10. The quantitative estimate of drug-likeness (QED) is 0.753. The van der Waals surface area contributed by atoms with Crippen molar-refractivity contribution in [2.75, 3.05) is 0 Å². The first-order valence-corrected chi connectivity index (χ1v) is 4.70. The van der Waals surface area contributed by atoms with E-state index in [1.54, 1.807) is 13.0 Å². The number of carboxylic acids is 1. The van der Waals surface area contributed by atoms with E-state index in [0.717, 1.165) is 5.56 Å². The zero-order valence-electron chi connectivity index (χ0n) is 7.49. The van der Waals surface area contributed by atoms with E-state index in [9.17, 15) is 9.90 Å². The third kappa shape index (κ3) is 2.05. The van der Waals surface area contributed by atoms with Gasteiger partial charge >= 0.3 is 5.97 Å². The van der Waals surface area contributed by atoms with Crippen molar-refractivity contribution < 1.29 is 15.0 Å². The topological polar surface area (TPSA) is 83.5 Å². The Morgan fingerprint density at radius 3 is 2.64 bits per heavy atom. The summed E-state index contributed by atoms with van der Waals surface area (Å²) in [7, 11) is 0. The Morgan fingerprint density at radius 1 is 1.57 bits per heavy atom. The van der Waals surface area contributed by atoms with Crippen molar-refractivity contribution >= 4 is 21.9 Å². The first-order chi connectivity index (χ1) is 6.43. The highest BCUT2D eigenvalue weighted by atomic mass is 79.9. The molecular formula is C9H10BrNO3. The average Bonchev–Trinajstić information content (AvgIpc) is 2.10. The Hall–Kier alpha value is -1.07. The molecule has 0 heterocycles. The lowest BCUT2D eigenvalue weighted by molar-refractivity contribution is -0.138. The second-order valence-corrected chi connectivity index (χ2v) is 3.83. The zero-order chi connectivity index (χ0) is 10.9. The number of rotatable bonds is 2. The van der Waals surface area contributed by atoms with E-state index in [2.05, 4.69) is 15.9 Å². The van der Waals surface area contributed by atoms with Crippen LogP contribution in [0.2, 0.25) is 0 Å². The first kappa shape index (κ1) is 11.0. The fourth-order valence-electron chi connectivity index (χ4n) is 1.15. The van der Waals surface area contributed by atoms with Gasteiger partial charge in [0.25, 0.3) is 0 Å². The van der Waals surface area contributed by atoms with Gasteiger partial charge < -0.3 is 15.9 Å². The fourth-order valence-corrected chi connectivity index (χ4v) is 1.60. The molecule has 0 saturated carbocycles. The van der Waals surface area contributed by atoms with Gasteiger partial charge in [0.1, 0.15) is 11.8 Å². The van der Waals surface area contributed by atoms with E-state index in [1.165, 1.54) is 6.07 Å². The Kier molecular flexibility index (Phi) is 3.13. The van der Waals surface area contributed by atoms with E-state index in [-0.39, 0.29) is 5.75 Å². The molecule has 0 fully saturated rings. The van der Waals surface area contributed by atoms with Gasteiger partial charge in [-0.25, -0.2) is 0 Å². The predicted molar refractivity (Wildman–Crippen MR) is 55.1 cm³/mol. The van der Waals surface area contributed by atoms with Crippen LogP contribution in [-0.2, 0) is 4.79 Å².